The van der Waals surface area contributed by atoms with Crippen molar-refractivity contribution in [2.24, 2.45) is 0 Å². The Bertz CT molecular complexity index is 1240. The number of unbranched alkanes of at least 4 members (excludes halogenated alkanes) is 17. The summed E-state index contributed by atoms with van der Waals surface area (Å²) in [5.41, 5.74) is 0. The van der Waals surface area contributed by atoms with Crippen molar-refractivity contribution in [2.45, 2.75) is 200 Å². The molecule has 0 aliphatic heterocycles. The van der Waals surface area contributed by atoms with Crippen LogP contribution in [0.25, 0.3) is 0 Å². The Morgan fingerprint density at radius 2 is 0.919 bits per heavy atom. The van der Waals surface area contributed by atoms with Crippen molar-refractivity contribution in [3.8, 4) is 0 Å². The summed E-state index contributed by atoms with van der Waals surface area (Å²) in [5.74, 6) is -2.34. The van der Waals surface area contributed by atoms with E-state index in [1.807, 2.05) is 21.1 Å². The first-order valence-electron chi connectivity index (χ1n) is 24.6. The van der Waals surface area contributed by atoms with Crippen LogP contribution in [0.1, 0.15) is 187 Å². The van der Waals surface area contributed by atoms with Crippen LogP contribution in [0.5, 0.6) is 0 Å². The fourth-order valence-electron chi connectivity index (χ4n) is 6.38. The van der Waals surface area contributed by atoms with Gasteiger partial charge in [-0.3, -0.25) is 9.59 Å². The zero-order chi connectivity index (χ0) is 45.6. The first-order chi connectivity index (χ1) is 30.1. The quantitative estimate of drug-likeness (QED) is 0.0196. The van der Waals surface area contributed by atoms with Crippen molar-refractivity contribution >= 4 is 17.9 Å². The summed E-state index contributed by atoms with van der Waals surface area (Å²) >= 11 is 0. The highest BCUT2D eigenvalue weighted by atomic mass is 16.7. The minimum atomic E-state index is -1.63. The van der Waals surface area contributed by atoms with E-state index in [-0.39, 0.29) is 38.6 Å². The number of aliphatic carboxylic acids is 1. The topological polar surface area (TPSA) is 111 Å². The number of carboxylic acids is 1. The lowest BCUT2D eigenvalue weighted by Crippen LogP contribution is -2.44. The molecule has 0 rings (SSSR count). The van der Waals surface area contributed by atoms with Crippen LogP contribution >= 0.6 is 0 Å². The summed E-state index contributed by atoms with van der Waals surface area (Å²) in [5, 5.41) is 11.7. The Morgan fingerprint density at radius 3 is 1.40 bits per heavy atom. The normalized spacial score (nSPS) is 13.5. The van der Waals surface area contributed by atoms with Crippen molar-refractivity contribution in [3.05, 3.63) is 72.9 Å². The zero-order valence-corrected chi connectivity index (χ0v) is 40.2. The summed E-state index contributed by atoms with van der Waals surface area (Å²) in [7, 11) is 5.89. The number of rotatable bonds is 44. The Morgan fingerprint density at radius 1 is 0.500 bits per heavy atom. The molecule has 0 spiro atoms. The van der Waals surface area contributed by atoms with E-state index in [1.54, 1.807) is 0 Å². The molecule has 0 radical (unpaired) electrons. The van der Waals surface area contributed by atoms with Gasteiger partial charge in [0.25, 0.3) is 0 Å². The number of esters is 2. The van der Waals surface area contributed by atoms with Gasteiger partial charge in [-0.05, 0) is 83.5 Å². The minimum absolute atomic E-state index is 0.137. The molecular formula is C53H91NO8. The van der Waals surface area contributed by atoms with Gasteiger partial charge in [0.1, 0.15) is 13.2 Å². The Hall–Kier alpha value is -3.27. The average molecular weight is 870 g/mol. The molecule has 0 aromatic carbocycles. The number of hydrogen-bond acceptors (Lipinski definition) is 8. The van der Waals surface area contributed by atoms with Crippen LogP contribution in [0.2, 0.25) is 0 Å². The number of nitrogens with zero attached hydrogens (tertiary/aromatic N) is 1. The predicted molar refractivity (Wildman–Crippen MR) is 255 cm³/mol. The lowest BCUT2D eigenvalue weighted by molar-refractivity contribution is -0.870. The second-order valence-corrected chi connectivity index (χ2v) is 17.4. The number of quaternary nitrogens is 1. The molecule has 2 atom stereocenters. The van der Waals surface area contributed by atoms with Gasteiger partial charge in [0.15, 0.2) is 12.4 Å². The van der Waals surface area contributed by atoms with Gasteiger partial charge in [0.05, 0.1) is 40.3 Å². The highest BCUT2D eigenvalue weighted by Gasteiger charge is 2.21. The number of allylic oxidation sites excluding steroid dienone is 12. The third-order valence-corrected chi connectivity index (χ3v) is 10.2. The molecular weight excluding hydrogens is 779 g/mol. The van der Waals surface area contributed by atoms with E-state index >= 15 is 0 Å². The van der Waals surface area contributed by atoms with E-state index in [1.165, 1.54) is 70.6 Å². The number of hydrogen-bond donors (Lipinski definition) is 0. The molecule has 2 unspecified atom stereocenters. The lowest BCUT2D eigenvalue weighted by Gasteiger charge is -2.26. The maximum absolute atomic E-state index is 12.8. The van der Waals surface area contributed by atoms with Gasteiger partial charge in [-0.15, -0.1) is 0 Å². The summed E-state index contributed by atoms with van der Waals surface area (Å²) < 4.78 is 22.6. The summed E-state index contributed by atoms with van der Waals surface area (Å²) in [6.45, 7) is 4.57. The fourth-order valence-corrected chi connectivity index (χ4v) is 6.38. The Balaban J connectivity index is 4.46. The second kappa shape index (κ2) is 44.3. The van der Waals surface area contributed by atoms with E-state index in [2.05, 4.69) is 86.8 Å². The summed E-state index contributed by atoms with van der Waals surface area (Å²) in [6.07, 6.45) is 52.2. The average Bonchev–Trinajstić information content (AvgIpc) is 3.23. The second-order valence-electron chi connectivity index (χ2n) is 17.4. The van der Waals surface area contributed by atoms with Crippen molar-refractivity contribution in [1.82, 2.24) is 0 Å². The molecule has 9 nitrogen and oxygen atoms in total. The third-order valence-electron chi connectivity index (χ3n) is 10.2. The zero-order valence-electron chi connectivity index (χ0n) is 40.2. The SMILES string of the molecule is CC/C=C\C/C=C\C/C=C\C/C=C\C/C=C\CCCCCC(=O)OC(COC(=O)CCCCCCCCC/C=C\CCCCCCCCC)COC(OCC[N+](C)(C)C)C(=O)[O-]. The van der Waals surface area contributed by atoms with Crippen molar-refractivity contribution in [2.75, 3.05) is 47.5 Å². The smallest absolute Gasteiger partial charge is 0.306 e. The molecule has 356 valence electrons. The molecule has 0 saturated carbocycles. The van der Waals surface area contributed by atoms with Crippen LogP contribution in [0, 0.1) is 0 Å². The molecule has 9 heteroatoms. The highest BCUT2D eigenvalue weighted by molar-refractivity contribution is 5.70. The van der Waals surface area contributed by atoms with E-state index in [0.29, 0.717) is 17.4 Å². The minimum Gasteiger partial charge on any atom is -0.545 e. The monoisotopic (exact) mass is 870 g/mol. The highest BCUT2D eigenvalue weighted by Crippen LogP contribution is 2.13. The molecule has 62 heavy (non-hydrogen) atoms. The van der Waals surface area contributed by atoms with E-state index in [0.717, 1.165) is 83.5 Å². The van der Waals surface area contributed by atoms with Gasteiger partial charge in [0, 0.05) is 12.8 Å². The van der Waals surface area contributed by atoms with Gasteiger partial charge in [-0.25, -0.2) is 0 Å². The van der Waals surface area contributed by atoms with Gasteiger partial charge in [0.2, 0.25) is 0 Å². The molecule has 0 aliphatic carbocycles. The molecule has 0 aromatic rings. The third kappa shape index (κ3) is 44.8. The number of ether oxygens (including phenoxy) is 4. The fraction of sp³-hybridized carbons (Fsp3) is 0.717. The Kier molecular flexibility index (Phi) is 42.0. The number of carboxylic acid groups (broad SMARTS) is 1. The standard InChI is InChI=1S/C53H91NO8/c1-6-8-10-12-14-16-18-20-22-24-26-28-30-32-34-36-38-40-42-44-51(56)62-49(48-61-53(52(57)58)59-46-45-54(3,4)5)47-60-50(55)43-41-39-37-35-33-31-29-27-25-23-21-19-17-15-13-11-9-7-2/h8,10,14,16,20,22-23,25-26,28,32,34,49,53H,6-7,9,11-13,15,17-19,21,24,27,29-31,33,35-48H2,1-5H3/b10-8-,16-14-,22-20-,25-23-,28-26-,34-32-. The lowest BCUT2D eigenvalue weighted by atomic mass is 10.1. The molecule has 0 N–H and O–H groups in total. The van der Waals surface area contributed by atoms with Crippen LogP contribution in [0.4, 0.5) is 0 Å². The van der Waals surface area contributed by atoms with Crippen molar-refractivity contribution in [3.63, 3.8) is 0 Å². The first kappa shape index (κ1) is 58.7. The number of carbonyl (C=O) groups is 3. The predicted octanol–water partition coefficient (Wildman–Crippen LogP) is 12.2. The largest absolute Gasteiger partial charge is 0.545 e. The van der Waals surface area contributed by atoms with Crippen LogP contribution in [-0.4, -0.2) is 82.3 Å². The molecule has 0 aromatic heterocycles. The number of likely N-dealkylation sites (N-methyl/N-ethyl adjacent to an activating group) is 1. The van der Waals surface area contributed by atoms with E-state index < -0.39 is 24.3 Å². The molecule has 0 bridgehead atoms. The molecule has 0 aliphatic rings. The van der Waals surface area contributed by atoms with Crippen LogP contribution in [0.3, 0.4) is 0 Å². The molecule has 0 fully saturated rings. The summed E-state index contributed by atoms with van der Waals surface area (Å²) in [4.78, 5) is 37.1. The molecule has 0 saturated heterocycles. The summed E-state index contributed by atoms with van der Waals surface area (Å²) in [6, 6.07) is 0. The Labute approximate surface area is 379 Å². The maximum Gasteiger partial charge on any atom is 0.306 e. The van der Waals surface area contributed by atoms with Gasteiger partial charge >= 0.3 is 11.9 Å². The number of carbonyl (C=O) groups excluding carboxylic acids is 3. The van der Waals surface area contributed by atoms with Gasteiger partial charge in [-0.2, -0.15) is 0 Å². The molecule has 0 amide bonds. The first-order valence-corrected chi connectivity index (χ1v) is 24.6. The van der Waals surface area contributed by atoms with E-state index in [4.69, 9.17) is 18.9 Å². The van der Waals surface area contributed by atoms with Gasteiger partial charge in [-0.1, -0.05) is 164 Å². The van der Waals surface area contributed by atoms with Crippen molar-refractivity contribution < 1.29 is 42.9 Å². The maximum atomic E-state index is 12.8. The van der Waals surface area contributed by atoms with Crippen LogP contribution in [-0.2, 0) is 33.3 Å². The van der Waals surface area contributed by atoms with Crippen LogP contribution in [0.15, 0.2) is 72.9 Å². The molecule has 0 heterocycles. The van der Waals surface area contributed by atoms with Crippen molar-refractivity contribution in [1.29, 1.82) is 0 Å². The van der Waals surface area contributed by atoms with E-state index in [9.17, 15) is 19.5 Å². The van der Waals surface area contributed by atoms with Crippen LogP contribution < -0.4 is 5.11 Å². The van der Waals surface area contributed by atoms with Gasteiger partial charge < -0.3 is 33.3 Å².